The van der Waals surface area contributed by atoms with Crippen LogP contribution in [0.4, 0.5) is 4.79 Å². The maximum absolute atomic E-state index is 11.8. The molecule has 0 bridgehead atoms. The molecule has 0 aliphatic carbocycles. The molecule has 2 amide bonds. The molecule has 0 atom stereocenters. The van der Waals surface area contributed by atoms with Crippen molar-refractivity contribution in [2.24, 2.45) is 0 Å². The predicted molar refractivity (Wildman–Crippen MR) is 79.9 cm³/mol. The maximum Gasteiger partial charge on any atom is 0.426 e. The summed E-state index contributed by atoms with van der Waals surface area (Å²) in [6, 6.07) is 7.87. The zero-order valence-corrected chi connectivity index (χ0v) is 12.5. The number of amides is 2. The Hall–Kier alpha value is -2.41. The summed E-state index contributed by atoms with van der Waals surface area (Å²) < 4.78 is 4.63. The third-order valence-electron chi connectivity index (χ3n) is 2.59. The molecule has 2 rings (SSSR count). The van der Waals surface area contributed by atoms with E-state index < -0.39 is 12.0 Å². The van der Waals surface area contributed by atoms with Gasteiger partial charge in [0, 0.05) is 10.9 Å². The molecule has 0 radical (unpaired) electrons. The molecule has 0 aliphatic heterocycles. The molecule has 0 unspecified atom stereocenters. The molecule has 2 N–H and O–H groups in total. The van der Waals surface area contributed by atoms with Crippen LogP contribution in [0.2, 0.25) is 0 Å². The Labute approximate surface area is 126 Å². The number of nitrogens with one attached hydrogen (secondary N) is 2. The highest BCUT2D eigenvalue weighted by Crippen LogP contribution is 2.23. The van der Waals surface area contributed by atoms with E-state index in [1.165, 1.54) is 11.3 Å². The van der Waals surface area contributed by atoms with Gasteiger partial charge >= 0.3 is 6.09 Å². The van der Waals surface area contributed by atoms with Gasteiger partial charge in [-0.1, -0.05) is 29.8 Å². The first kappa shape index (κ1) is 15.0. The Morgan fingerprint density at radius 3 is 2.62 bits per heavy atom. The lowest BCUT2D eigenvalue weighted by Gasteiger charge is -2.05. The molecule has 110 valence electrons. The van der Waals surface area contributed by atoms with E-state index in [4.69, 9.17) is 0 Å². The summed E-state index contributed by atoms with van der Waals surface area (Å²) in [5, 5.41) is 2.38. The Morgan fingerprint density at radius 2 is 1.95 bits per heavy atom. The number of hydrogen-bond acceptors (Lipinski definition) is 5. The maximum atomic E-state index is 11.8. The van der Waals surface area contributed by atoms with E-state index in [9.17, 15) is 9.59 Å². The molecular weight excluding hydrogens is 290 g/mol. The fourth-order valence-electron chi connectivity index (χ4n) is 1.55. The number of nitrogens with zero attached hydrogens (tertiary/aromatic N) is 1. The summed E-state index contributed by atoms with van der Waals surface area (Å²) in [6.07, 6.45) is -0.708. The monoisotopic (exact) mass is 305 g/mol. The number of benzene rings is 1. The van der Waals surface area contributed by atoms with Crippen molar-refractivity contribution < 1.29 is 14.3 Å². The van der Waals surface area contributed by atoms with Crippen molar-refractivity contribution in [2.45, 2.75) is 13.8 Å². The van der Waals surface area contributed by atoms with Crippen LogP contribution < -0.4 is 10.9 Å². The van der Waals surface area contributed by atoms with Gasteiger partial charge in [0.05, 0.1) is 6.61 Å². The van der Waals surface area contributed by atoms with Gasteiger partial charge in [0.15, 0.2) is 0 Å². The second kappa shape index (κ2) is 6.85. The van der Waals surface area contributed by atoms with Gasteiger partial charge in [0.25, 0.3) is 5.91 Å². The zero-order valence-electron chi connectivity index (χ0n) is 11.7. The molecule has 1 aromatic heterocycles. The number of aromatic nitrogens is 1. The van der Waals surface area contributed by atoms with Crippen molar-refractivity contribution in [3.8, 4) is 10.6 Å². The van der Waals surface area contributed by atoms with Crippen molar-refractivity contribution in [1.29, 1.82) is 0 Å². The lowest BCUT2D eigenvalue weighted by atomic mass is 10.2. The minimum Gasteiger partial charge on any atom is -0.449 e. The van der Waals surface area contributed by atoms with Crippen LogP contribution >= 0.6 is 11.3 Å². The van der Waals surface area contributed by atoms with Crippen molar-refractivity contribution in [3.05, 3.63) is 40.9 Å². The topological polar surface area (TPSA) is 80.3 Å². The van der Waals surface area contributed by atoms with Crippen LogP contribution in [0.3, 0.4) is 0 Å². The van der Waals surface area contributed by atoms with Crippen LogP contribution in [0.1, 0.15) is 23.0 Å². The molecule has 1 heterocycles. The van der Waals surface area contributed by atoms with Crippen LogP contribution in [0.15, 0.2) is 29.6 Å². The quantitative estimate of drug-likeness (QED) is 0.854. The average Bonchev–Trinajstić information content (AvgIpc) is 2.96. The fraction of sp³-hybridized carbons (Fsp3) is 0.214. The number of carbonyl (C=O) groups excluding carboxylic acids is 2. The second-order valence-corrected chi connectivity index (χ2v) is 5.06. The summed E-state index contributed by atoms with van der Waals surface area (Å²) in [5.41, 5.74) is 6.73. The average molecular weight is 305 g/mol. The minimum atomic E-state index is -0.708. The first-order chi connectivity index (χ1) is 10.1. The highest BCUT2D eigenvalue weighted by atomic mass is 32.1. The summed E-state index contributed by atoms with van der Waals surface area (Å²) in [7, 11) is 0. The Bertz CT molecular complexity index is 637. The van der Waals surface area contributed by atoms with Crippen LogP contribution in [0.25, 0.3) is 10.6 Å². The number of hydrogen-bond donors (Lipinski definition) is 2. The summed E-state index contributed by atoms with van der Waals surface area (Å²) in [5.74, 6) is -0.488. The van der Waals surface area contributed by atoms with E-state index in [1.54, 1.807) is 12.3 Å². The number of rotatable bonds is 3. The van der Waals surface area contributed by atoms with E-state index in [2.05, 4.69) is 20.6 Å². The highest BCUT2D eigenvalue weighted by Gasteiger charge is 2.12. The smallest absolute Gasteiger partial charge is 0.426 e. The van der Waals surface area contributed by atoms with E-state index in [1.807, 2.05) is 31.2 Å². The van der Waals surface area contributed by atoms with E-state index in [0.717, 1.165) is 16.1 Å². The number of aryl methyl sites for hydroxylation is 1. The van der Waals surface area contributed by atoms with Crippen molar-refractivity contribution in [3.63, 3.8) is 0 Å². The summed E-state index contributed by atoms with van der Waals surface area (Å²) in [6.45, 7) is 3.91. The molecule has 2 aromatic rings. The number of carbonyl (C=O) groups is 2. The Morgan fingerprint density at radius 1 is 1.24 bits per heavy atom. The normalized spacial score (nSPS) is 10.0. The first-order valence-corrected chi connectivity index (χ1v) is 7.23. The fourth-order valence-corrected chi connectivity index (χ4v) is 2.35. The predicted octanol–water partition coefficient (Wildman–Crippen LogP) is 2.51. The molecule has 0 saturated carbocycles. The molecule has 0 aliphatic rings. The Kier molecular flexibility index (Phi) is 4.89. The van der Waals surface area contributed by atoms with Crippen molar-refractivity contribution in [1.82, 2.24) is 15.8 Å². The van der Waals surface area contributed by atoms with Gasteiger partial charge in [-0.05, 0) is 13.8 Å². The van der Waals surface area contributed by atoms with Crippen LogP contribution in [0, 0.1) is 6.92 Å². The highest BCUT2D eigenvalue weighted by molar-refractivity contribution is 7.13. The van der Waals surface area contributed by atoms with E-state index in [0.29, 0.717) is 0 Å². The van der Waals surface area contributed by atoms with Crippen molar-refractivity contribution >= 4 is 23.3 Å². The third-order valence-corrected chi connectivity index (χ3v) is 3.48. The lowest BCUT2D eigenvalue weighted by Crippen LogP contribution is -2.42. The standard InChI is InChI=1S/C14H15N3O3S/c1-3-20-14(19)17-16-12(18)11-8-21-13(15-11)10-6-4-9(2)5-7-10/h4-8H,3H2,1-2H3,(H,16,18)(H,17,19). The third kappa shape index (κ3) is 4.03. The molecule has 1 aromatic carbocycles. The second-order valence-electron chi connectivity index (χ2n) is 4.20. The minimum absolute atomic E-state index is 0.232. The SMILES string of the molecule is CCOC(=O)NNC(=O)c1csc(-c2ccc(C)cc2)n1. The van der Waals surface area contributed by atoms with Gasteiger partial charge in [-0.2, -0.15) is 0 Å². The molecule has 0 saturated heterocycles. The molecule has 0 fully saturated rings. The summed E-state index contributed by atoms with van der Waals surface area (Å²) >= 11 is 1.37. The zero-order chi connectivity index (χ0) is 15.2. The first-order valence-electron chi connectivity index (χ1n) is 6.36. The van der Waals surface area contributed by atoms with Gasteiger partial charge < -0.3 is 4.74 Å². The van der Waals surface area contributed by atoms with E-state index in [-0.39, 0.29) is 12.3 Å². The molecule has 0 spiro atoms. The van der Waals surface area contributed by atoms with Crippen LogP contribution in [-0.4, -0.2) is 23.6 Å². The molecule has 21 heavy (non-hydrogen) atoms. The lowest BCUT2D eigenvalue weighted by molar-refractivity contribution is 0.0908. The van der Waals surface area contributed by atoms with E-state index >= 15 is 0 Å². The van der Waals surface area contributed by atoms with Crippen LogP contribution in [0.5, 0.6) is 0 Å². The van der Waals surface area contributed by atoms with Gasteiger partial charge in [0.1, 0.15) is 10.7 Å². The molecule has 6 nitrogen and oxygen atoms in total. The Balaban J connectivity index is 2.00. The number of hydrazine groups is 1. The largest absolute Gasteiger partial charge is 0.449 e. The van der Waals surface area contributed by atoms with Gasteiger partial charge in [-0.25, -0.2) is 15.2 Å². The molecule has 7 heteroatoms. The van der Waals surface area contributed by atoms with Gasteiger partial charge in [0.2, 0.25) is 0 Å². The summed E-state index contributed by atoms with van der Waals surface area (Å²) in [4.78, 5) is 27.1. The number of thiazole rings is 1. The van der Waals surface area contributed by atoms with Gasteiger partial charge in [-0.15, -0.1) is 11.3 Å². The van der Waals surface area contributed by atoms with Gasteiger partial charge in [-0.3, -0.25) is 10.2 Å². The number of ether oxygens (including phenoxy) is 1. The van der Waals surface area contributed by atoms with Crippen LogP contribution in [-0.2, 0) is 4.74 Å². The molecular formula is C14H15N3O3S. The van der Waals surface area contributed by atoms with Crippen molar-refractivity contribution in [2.75, 3.05) is 6.61 Å².